The number of hydrogen-bond donors (Lipinski definition) is 0. The van der Waals surface area contributed by atoms with Crippen LogP contribution in [0.5, 0.6) is 11.5 Å². The Hall–Kier alpha value is -2.80. The molecule has 0 bridgehead atoms. The van der Waals surface area contributed by atoms with E-state index in [2.05, 4.69) is 4.98 Å². The van der Waals surface area contributed by atoms with Gasteiger partial charge >= 0.3 is 6.18 Å². The van der Waals surface area contributed by atoms with E-state index in [0.717, 1.165) is 28.3 Å². The molecule has 0 spiro atoms. The SMILES string of the molecule is C/C=C/c1ccc(OCc2sc(-c3ccc(C(F)(F)F)cc3)nc2C)c(OC)c1. The molecule has 1 aromatic heterocycles. The summed E-state index contributed by atoms with van der Waals surface area (Å²) < 4.78 is 49.5. The predicted molar refractivity (Wildman–Crippen MR) is 109 cm³/mol. The topological polar surface area (TPSA) is 31.4 Å². The van der Waals surface area contributed by atoms with Crippen molar-refractivity contribution in [2.24, 2.45) is 0 Å². The summed E-state index contributed by atoms with van der Waals surface area (Å²) in [7, 11) is 1.59. The molecule has 7 heteroatoms. The van der Waals surface area contributed by atoms with Gasteiger partial charge in [-0.05, 0) is 43.7 Å². The first kappa shape index (κ1) is 20.9. The number of rotatable bonds is 6. The number of thiazole rings is 1. The molecule has 0 N–H and O–H groups in total. The molecule has 0 amide bonds. The maximum Gasteiger partial charge on any atom is 0.416 e. The summed E-state index contributed by atoms with van der Waals surface area (Å²) >= 11 is 1.40. The monoisotopic (exact) mass is 419 g/mol. The van der Waals surface area contributed by atoms with E-state index in [1.165, 1.54) is 23.5 Å². The van der Waals surface area contributed by atoms with Crippen LogP contribution in [0.15, 0.2) is 48.5 Å². The first-order valence-electron chi connectivity index (χ1n) is 8.89. The summed E-state index contributed by atoms with van der Waals surface area (Å²) in [6.45, 7) is 4.09. The maximum absolute atomic E-state index is 12.7. The second kappa shape index (κ2) is 8.69. The van der Waals surface area contributed by atoms with Crippen LogP contribution in [0.4, 0.5) is 13.2 Å². The van der Waals surface area contributed by atoms with Crippen LogP contribution in [0.1, 0.15) is 28.6 Å². The molecule has 2 aromatic carbocycles. The predicted octanol–water partition coefficient (Wildman–Crippen LogP) is 6.76. The molecular formula is C22H20F3NO2S. The molecule has 0 unspecified atom stereocenters. The Bertz CT molecular complexity index is 1010. The molecule has 0 atom stereocenters. The first-order valence-corrected chi connectivity index (χ1v) is 9.71. The highest BCUT2D eigenvalue weighted by atomic mass is 32.1. The average molecular weight is 419 g/mol. The van der Waals surface area contributed by atoms with Gasteiger partial charge in [0.2, 0.25) is 0 Å². The van der Waals surface area contributed by atoms with Crippen molar-refractivity contribution in [2.75, 3.05) is 7.11 Å². The first-order chi connectivity index (χ1) is 13.8. The highest BCUT2D eigenvalue weighted by molar-refractivity contribution is 7.15. The highest BCUT2D eigenvalue weighted by Crippen LogP contribution is 2.34. The third kappa shape index (κ3) is 4.98. The molecular weight excluding hydrogens is 399 g/mol. The summed E-state index contributed by atoms with van der Waals surface area (Å²) in [5, 5.41) is 0.658. The van der Waals surface area contributed by atoms with Gasteiger partial charge < -0.3 is 9.47 Å². The molecule has 0 radical (unpaired) electrons. The molecule has 0 aliphatic heterocycles. The van der Waals surface area contributed by atoms with Crippen LogP contribution in [-0.2, 0) is 12.8 Å². The quantitative estimate of drug-likeness (QED) is 0.442. The number of aryl methyl sites for hydroxylation is 1. The summed E-state index contributed by atoms with van der Waals surface area (Å²) in [5.41, 5.74) is 1.77. The van der Waals surface area contributed by atoms with Gasteiger partial charge in [0, 0.05) is 5.56 Å². The molecule has 29 heavy (non-hydrogen) atoms. The lowest BCUT2D eigenvalue weighted by atomic mass is 10.1. The third-order valence-electron chi connectivity index (χ3n) is 4.26. The average Bonchev–Trinajstić information content (AvgIpc) is 3.07. The number of ether oxygens (including phenoxy) is 2. The molecule has 1 heterocycles. The minimum absolute atomic E-state index is 0.295. The van der Waals surface area contributed by atoms with Crippen molar-refractivity contribution >= 4 is 17.4 Å². The van der Waals surface area contributed by atoms with Crippen LogP contribution in [0.3, 0.4) is 0 Å². The number of aromatic nitrogens is 1. The van der Waals surface area contributed by atoms with Gasteiger partial charge in [-0.1, -0.05) is 30.4 Å². The minimum atomic E-state index is -4.35. The van der Waals surface area contributed by atoms with Crippen molar-refractivity contribution in [3.05, 3.63) is 70.2 Å². The Labute approximate surface area is 171 Å². The Balaban J connectivity index is 1.76. The zero-order valence-corrected chi connectivity index (χ0v) is 17.0. The highest BCUT2D eigenvalue weighted by Gasteiger charge is 2.30. The second-order valence-electron chi connectivity index (χ2n) is 6.30. The van der Waals surface area contributed by atoms with Crippen molar-refractivity contribution in [3.63, 3.8) is 0 Å². The minimum Gasteiger partial charge on any atom is -0.493 e. The zero-order valence-electron chi connectivity index (χ0n) is 16.2. The lowest BCUT2D eigenvalue weighted by Crippen LogP contribution is -2.03. The fourth-order valence-electron chi connectivity index (χ4n) is 2.73. The summed E-state index contributed by atoms with van der Waals surface area (Å²) in [4.78, 5) is 5.39. The van der Waals surface area contributed by atoms with Gasteiger partial charge in [-0.3, -0.25) is 0 Å². The molecule has 3 nitrogen and oxygen atoms in total. The lowest BCUT2D eigenvalue weighted by molar-refractivity contribution is -0.137. The number of hydrogen-bond acceptors (Lipinski definition) is 4. The zero-order chi connectivity index (χ0) is 21.0. The van der Waals surface area contributed by atoms with Gasteiger partial charge in [-0.15, -0.1) is 11.3 Å². The Morgan fingerprint density at radius 1 is 1.07 bits per heavy atom. The van der Waals surface area contributed by atoms with E-state index in [1.807, 2.05) is 44.2 Å². The van der Waals surface area contributed by atoms with Gasteiger partial charge in [0.15, 0.2) is 11.5 Å². The van der Waals surface area contributed by atoms with E-state index in [0.29, 0.717) is 28.7 Å². The van der Waals surface area contributed by atoms with Crippen LogP contribution in [0, 0.1) is 6.92 Å². The van der Waals surface area contributed by atoms with Crippen molar-refractivity contribution < 1.29 is 22.6 Å². The van der Waals surface area contributed by atoms with E-state index in [9.17, 15) is 13.2 Å². The second-order valence-corrected chi connectivity index (χ2v) is 7.39. The van der Waals surface area contributed by atoms with Crippen LogP contribution in [0.2, 0.25) is 0 Å². The summed E-state index contributed by atoms with van der Waals surface area (Å²) in [5.74, 6) is 1.25. The van der Waals surface area contributed by atoms with Crippen LogP contribution >= 0.6 is 11.3 Å². The number of halogens is 3. The van der Waals surface area contributed by atoms with E-state index >= 15 is 0 Å². The van der Waals surface area contributed by atoms with Gasteiger partial charge in [0.25, 0.3) is 0 Å². The van der Waals surface area contributed by atoms with Crippen molar-refractivity contribution in [1.82, 2.24) is 4.98 Å². The van der Waals surface area contributed by atoms with Crippen molar-refractivity contribution in [2.45, 2.75) is 26.6 Å². The Morgan fingerprint density at radius 2 is 1.79 bits per heavy atom. The van der Waals surface area contributed by atoms with E-state index < -0.39 is 11.7 Å². The Morgan fingerprint density at radius 3 is 2.41 bits per heavy atom. The summed E-state index contributed by atoms with van der Waals surface area (Å²) in [6.07, 6.45) is -0.438. The van der Waals surface area contributed by atoms with Crippen molar-refractivity contribution in [3.8, 4) is 22.1 Å². The van der Waals surface area contributed by atoms with Crippen LogP contribution in [-0.4, -0.2) is 12.1 Å². The molecule has 0 aliphatic rings. The van der Waals surface area contributed by atoms with Crippen LogP contribution in [0.25, 0.3) is 16.6 Å². The number of allylic oxidation sites excluding steroid dienone is 1. The van der Waals surface area contributed by atoms with E-state index in [-0.39, 0.29) is 0 Å². The standard InChI is InChI=1S/C22H20F3NO2S/c1-4-5-15-6-11-18(19(12-15)27-3)28-13-20-14(2)26-21(29-20)16-7-9-17(10-8-16)22(23,24)25/h4-12H,13H2,1-3H3/b5-4+. The molecule has 0 aliphatic carbocycles. The molecule has 3 aromatic rings. The molecule has 0 saturated heterocycles. The fraction of sp³-hybridized carbons (Fsp3) is 0.227. The smallest absolute Gasteiger partial charge is 0.416 e. The van der Waals surface area contributed by atoms with Gasteiger partial charge in [0.1, 0.15) is 11.6 Å². The number of nitrogens with zero attached hydrogens (tertiary/aromatic N) is 1. The lowest BCUT2D eigenvalue weighted by Gasteiger charge is -2.11. The molecule has 152 valence electrons. The van der Waals surface area contributed by atoms with Crippen LogP contribution < -0.4 is 9.47 Å². The van der Waals surface area contributed by atoms with E-state index in [4.69, 9.17) is 9.47 Å². The number of methoxy groups -OCH3 is 1. The fourth-order valence-corrected chi connectivity index (χ4v) is 3.71. The normalized spacial score (nSPS) is 11.8. The van der Waals surface area contributed by atoms with E-state index in [1.54, 1.807) is 7.11 Å². The van der Waals surface area contributed by atoms with Crippen molar-refractivity contribution in [1.29, 1.82) is 0 Å². The number of alkyl halides is 3. The largest absolute Gasteiger partial charge is 0.493 e. The third-order valence-corrected chi connectivity index (χ3v) is 5.44. The maximum atomic E-state index is 12.7. The summed E-state index contributed by atoms with van der Waals surface area (Å²) in [6, 6.07) is 10.7. The van der Waals surface area contributed by atoms with Gasteiger partial charge in [0.05, 0.1) is 23.2 Å². The molecule has 0 saturated carbocycles. The number of benzene rings is 2. The molecule has 3 rings (SSSR count). The molecule has 0 fully saturated rings. The van der Waals surface area contributed by atoms with Gasteiger partial charge in [-0.2, -0.15) is 13.2 Å². The van der Waals surface area contributed by atoms with Gasteiger partial charge in [-0.25, -0.2) is 4.98 Å². The Kier molecular flexibility index (Phi) is 6.27.